The van der Waals surface area contributed by atoms with E-state index in [1.54, 1.807) is 18.2 Å². The predicted octanol–water partition coefficient (Wildman–Crippen LogP) is 3.02. The molecule has 0 saturated heterocycles. The first-order valence-electron chi connectivity index (χ1n) is 7.93. The third kappa shape index (κ3) is 5.02. The molecule has 6 heteroatoms. The number of ketones is 1. The van der Waals surface area contributed by atoms with Crippen LogP contribution in [0.15, 0.2) is 54.6 Å². The standard InChI is InChI=1S/C20H18N2O4/c1-14(22)17(11-21)18(23)12-26-20(24)13-25-19-10-6-5-9-16(19)15-7-3-2-4-8-15/h2-10,17,22H,12-13H2,1H3. The minimum Gasteiger partial charge on any atom is -0.481 e. The number of nitriles is 1. The molecule has 6 nitrogen and oxygen atoms in total. The molecule has 0 radical (unpaired) electrons. The van der Waals surface area contributed by atoms with E-state index in [9.17, 15) is 9.59 Å². The van der Waals surface area contributed by atoms with Crippen LogP contribution in [0.5, 0.6) is 5.75 Å². The quantitative estimate of drug-likeness (QED) is 0.582. The Morgan fingerprint density at radius 1 is 1.08 bits per heavy atom. The molecule has 0 aliphatic heterocycles. The second-order valence-electron chi connectivity index (χ2n) is 5.52. The molecule has 26 heavy (non-hydrogen) atoms. The molecular formula is C20H18N2O4. The molecule has 1 atom stereocenters. The summed E-state index contributed by atoms with van der Waals surface area (Å²) >= 11 is 0. The molecule has 0 spiro atoms. The van der Waals surface area contributed by atoms with Crippen LogP contribution in [0.25, 0.3) is 11.1 Å². The van der Waals surface area contributed by atoms with E-state index >= 15 is 0 Å². The van der Waals surface area contributed by atoms with Crippen LogP contribution in [0.1, 0.15) is 6.92 Å². The number of hydrogen-bond donors (Lipinski definition) is 1. The number of rotatable bonds is 8. The Hall–Kier alpha value is -3.46. The van der Waals surface area contributed by atoms with Gasteiger partial charge in [0.05, 0.1) is 6.07 Å². The molecular weight excluding hydrogens is 332 g/mol. The van der Waals surface area contributed by atoms with Crippen molar-refractivity contribution in [1.29, 1.82) is 10.7 Å². The number of nitrogens with zero attached hydrogens (tertiary/aromatic N) is 1. The van der Waals surface area contributed by atoms with E-state index in [0.29, 0.717) is 5.75 Å². The van der Waals surface area contributed by atoms with Crippen LogP contribution in [0.2, 0.25) is 0 Å². The van der Waals surface area contributed by atoms with Gasteiger partial charge in [0.2, 0.25) is 0 Å². The highest BCUT2D eigenvalue weighted by atomic mass is 16.6. The van der Waals surface area contributed by atoms with Crippen molar-refractivity contribution in [2.45, 2.75) is 6.92 Å². The molecule has 0 bridgehead atoms. The fraction of sp³-hybridized carbons (Fsp3) is 0.200. The van der Waals surface area contributed by atoms with Crippen LogP contribution in [-0.4, -0.2) is 30.7 Å². The average Bonchev–Trinajstić information content (AvgIpc) is 2.66. The van der Waals surface area contributed by atoms with Gasteiger partial charge in [0.25, 0.3) is 0 Å². The first-order valence-corrected chi connectivity index (χ1v) is 7.93. The van der Waals surface area contributed by atoms with E-state index in [1.165, 1.54) is 6.92 Å². The Kier molecular flexibility index (Phi) is 6.63. The Morgan fingerprint density at radius 2 is 1.73 bits per heavy atom. The van der Waals surface area contributed by atoms with Crippen LogP contribution in [0.3, 0.4) is 0 Å². The van der Waals surface area contributed by atoms with Crippen LogP contribution >= 0.6 is 0 Å². The lowest BCUT2D eigenvalue weighted by molar-refractivity contribution is -0.150. The molecule has 132 valence electrons. The molecule has 0 aromatic heterocycles. The lowest BCUT2D eigenvalue weighted by Gasteiger charge is -2.12. The van der Waals surface area contributed by atoms with Gasteiger partial charge in [0, 0.05) is 11.3 Å². The van der Waals surface area contributed by atoms with Crippen molar-refractivity contribution in [2.24, 2.45) is 5.92 Å². The Labute approximate surface area is 151 Å². The van der Waals surface area contributed by atoms with Crippen molar-refractivity contribution in [3.63, 3.8) is 0 Å². The van der Waals surface area contributed by atoms with Gasteiger partial charge in [-0.05, 0) is 18.6 Å². The molecule has 2 aromatic rings. The molecule has 2 rings (SSSR count). The number of hydrogen-bond acceptors (Lipinski definition) is 6. The molecule has 0 aliphatic carbocycles. The van der Waals surface area contributed by atoms with Crippen LogP contribution in [0, 0.1) is 22.7 Å². The van der Waals surface area contributed by atoms with Crippen LogP contribution < -0.4 is 4.74 Å². The zero-order chi connectivity index (χ0) is 18.9. The number of Topliss-reactive ketones (excluding diaryl/α,β-unsaturated/α-hetero) is 1. The fourth-order valence-corrected chi connectivity index (χ4v) is 2.27. The number of esters is 1. The molecule has 0 amide bonds. The number of para-hydroxylation sites is 1. The van der Waals surface area contributed by atoms with Crippen molar-refractivity contribution >= 4 is 17.5 Å². The van der Waals surface area contributed by atoms with Crippen LogP contribution in [0.4, 0.5) is 0 Å². The highest BCUT2D eigenvalue weighted by Crippen LogP contribution is 2.29. The number of carbonyl (C=O) groups is 2. The lowest BCUT2D eigenvalue weighted by atomic mass is 10.0. The monoisotopic (exact) mass is 350 g/mol. The molecule has 0 saturated carbocycles. The van der Waals surface area contributed by atoms with Gasteiger partial charge in [-0.15, -0.1) is 0 Å². The number of carbonyl (C=O) groups excluding carboxylic acids is 2. The minimum absolute atomic E-state index is 0.0819. The van der Waals surface area contributed by atoms with Gasteiger partial charge < -0.3 is 14.9 Å². The Morgan fingerprint density at radius 3 is 2.38 bits per heavy atom. The van der Waals surface area contributed by atoms with Gasteiger partial charge in [-0.2, -0.15) is 5.26 Å². The van der Waals surface area contributed by atoms with E-state index in [1.807, 2.05) is 42.5 Å². The van der Waals surface area contributed by atoms with Crippen molar-refractivity contribution in [2.75, 3.05) is 13.2 Å². The second kappa shape index (κ2) is 9.14. The summed E-state index contributed by atoms with van der Waals surface area (Å²) in [4.78, 5) is 23.6. The summed E-state index contributed by atoms with van der Waals surface area (Å²) in [6.07, 6.45) is 0. The van der Waals surface area contributed by atoms with Gasteiger partial charge in [-0.3, -0.25) is 4.79 Å². The van der Waals surface area contributed by atoms with Gasteiger partial charge in [-0.25, -0.2) is 4.79 Å². The average molecular weight is 350 g/mol. The first kappa shape index (κ1) is 18.9. The third-order valence-corrected chi connectivity index (χ3v) is 3.58. The van der Waals surface area contributed by atoms with E-state index in [-0.39, 0.29) is 12.3 Å². The summed E-state index contributed by atoms with van der Waals surface area (Å²) in [7, 11) is 0. The predicted molar refractivity (Wildman–Crippen MR) is 95.8 cm³/mol. The summed E-state index contributed by atoms with van der Waals surface area (Å²) in [6.45, 7) is 0.437. The molecule has 1 N–H and O–H groups in total. The molecule has 0 aliphatic rings. The topological polar surface area (TPSA) is 100 Å². The minimum atomic E-state index is -1.19. The van der Waals surface area contributed by atoms with E-state index in [0.717, 1.165) is 11.1 Å². The molecule has 0 fully saturated rings. The van der Waals surface area contributed by atoms with Crippen LogP contribution in [-0.2, 0) is 14.3 Å². The molecule has 1 unspecified atom stereocenters. The maximum Gasteiger partial charge on any atom is 0.344 e. The maximum absolute atomic E-state index is 11.8. The van der Waals surface area contributed by atoms with Gasteiger partial charge in [0.1, 0.15) is 11.7 Å². The summed E-state index contributed by atoms with van der Waals surface area (Å²) < 4.78 is 10.4. The summed E-state index contributed by atoms with van der Waals surface area (Å²) in [6, 6.07) is 18.6. The Bertz CT molecular complexity index is 840. The first-order chi connectivity index (χ1) is 12.5. The van der Waals surface area contributed by atoms with Crippen molar-refractivity contribution in [1.82, 2.24) is 0 Å². The Balaban J connectivity index is 1.94. The van der Waals surface area contributed by atoms with Gasteiger partial charge in [-0.1, -0.05) is 48.5 Å². The molecule has 0 heterocycles. The molecule has 2 aromatic carbocycles. The zero-order valence-corrected chi connectivity index (χ0v) is 14.3. The summed E-state index contributed by atoms with van der Waals surface area (Å²) in [5, 5.41) is 16.2. The highest BCUT2D eigenvalue weighted by Gasteiger charge is 2.21. The SMILES string of the molecule is CC(=N)C(C#N)C(=O)COC(=O)COc1ccccc1-c1ccccc1. The normalized spacial score (nSPS) is 11.1. The smallest absolute Gasteiger partial charge is 0.344 e. The summed E-state index contributed by atoms with van der Waals surface area (Å²) in [5.41, 5.74) is 1.70. The maximum atomic E-state index is 11.8. The number of ether oxygens (including phenoxy) is 2. The fourth-order valence-electron chi connectivity index (χ4n) is 2.27. The summed E-state index contributed by atoms with van der Waals surface area (Å²) in [5.74, 6) is -2.02. The highest BCUT2D eigenvalue weighted by molar-refractivity contribution is 6.06. The number of benzene rings is 2. The van der Waals surface area contributed by atoms with E-state index in [4.69, 9.17) is 20.1 Å². The van der Waals surface area contributed by atoms with Gasteiger partial charge in [0.15, 0.2) is 19.0 Å². The third-order valence-electron chi connectivity index (χ3n) is 3.58. The zero-order valence-electron chi connectivity index (χ0n) is 14.3. The lowest BCUT2D eigenvalue weighted by Crippen LogP contribution is -2.27. The van der Waals surface area contributed by atoms with E-state index in [2.05, 4.69) is 0 Å². The van der Waals surface area contributed by atoms with Crippen molar-refractivity contribution in [3.05, 3.63) is 54.6 Å². The second-order valence-corrected chi connectivity index (χ2v) is 5.52. The largest absolute Gasteiger partial charge is 0.481 e. The van der Waals surface area contributed by atoms with E-state index < -0.39 is 24.3 Å². The van der Waals surface area contributed by atoms with Gasteiger partial charge >= 0.3 is 5.97 Å². The van der Waals surface area contributed by atoms with Crippen molar-refractivity contribution < 1.29 is 19.1 Å². The van der Waals surface area contributed by atoms with Crippen molar-refractivity contribution in [3.8, 4) is 22.9 Å². The number of nitrogens with one attached hydrogen (secondary N) is 1.